The summed E-state index contributed by atoms with van der Waals surface area (Å²) in [6, 6.07) is 21.4. The molecule has 0 unspecified atom stereocenters. The molecule has 0 N–H and O–H groups in total. The molecule has 25 heavy (non-hydrogen) atoms. The SMILES string of the molecule is O=C1C[C@@H]2C[C@@H](CN2CCC=C(c2ccccc2)c2ccccc2)O1. The third-order valence-corrected chi connectivity index (χ3v) is 5.12. The highest BCUT2D eigenvalue weighted by Crippen LogP contribution is 2.29. The molecule has 2 aliphatic rings. The lowest BCUT2D eigenvalue weighted by Gasteiger charge is -2.22. The Kier molecular flexibility index (Phi) is 4.66. The van der Waals surface area contributed by atoms with Crippen LogP contribution in [0.3, 0.4) is 0 Å². The van der Waals surface area contributed by atoms with Crippen molar-refractivity contribution < 1.29 is 9.53 Å². The summed E-state index contributed by atoms with van der Waals surface area (Å²) < 4.78 is 5.38. The second kappa shape index (κ2) is 7.24. The molecule has 3 heteroatoms. The number of benzene rings is 2. The average molecular weight is 333 g/mol. The summed E-state index contributed by atoms with van der Waals surface area (Å²) in [6.07, 6.45) is 4.95. The Bertz CT molecular complexity index is 713. The molecule has 4 rings (SSSR count). The van der Waals surface area contributed by atoms with Gasteiger partial charge >= 0.3 is 5.97 Å². The van der Waals surface area contributed by atoms with Crippen LogP contribution in [0.15, 0.2) is 66.7 Å². The van der Waals surface area contributed by atoms with Crippen LogP contribution in [0.1, 0.15) is 30.4 Å². The summed E-state index contributed by atoms with van der Waals surface area (Å²) in [5.41, 5.74) is 3.76. The van der Waals surface area contributed by atoms with E-state index in [2.05, 4.69) is 59.5 Å². The fourth-order valence-electron chi connectivity index (χ4n) is 3.95. The van der Waals surface area contributed by atoms with Crippen molar-refractivity contribution in [2.45, 2.75) is 31.4 Å². The molecule has 2 saturated heterocycles. The number of hydrogen-bond acceptors (Lipinski definition) is 3. The summed E-state index contributed by atoms with van der Waals surface area (Å²) in [5, 5.41) is 0. The van der Waals surface area contributed by atoms with Gasteiger partial charge in [-0.05, 0) is 23.1 Å². The van der Waals surface area contributed by atoms with Crippen LogP contribution in [-0.4, -0.2) is 36.1 Å². The molecule has 2 bridgehead atoms. The van der Waals surface area contributed by atoms with Gasteiger partial charge in [0.1, 0.15) is 6.10 Å². The van der Waals surface area contributed by atoms with Crippen molar-refractivity contribution in [2.24, 2.45) is 0 Å². The highest BCUT2D eigenvalue weighted by molar-refractivity contribution is 5.79. The maximum Gasteiger partial charge on any atom is 0.307 e. The Morgan fingerprint density at radius 2 is 1.68 bits per heavy atom. The molecule has 2 aliphatic heterocycles. The van der Waals surface area contributed by atoms with Crippen molar-refractivity contribution in [3.63, 3.8) is 0 Å². The first-order valence-electron chi connectivity index (χ1n) is 9.04. The molecular formula is C22H23NO2. The van der Waals surface area contributed by atoms with Gasteiger partial charge in [0.25, 0.3) is 0 Å². The quantitative estimate of drug-likeness (QED) is 0.777. The zero-order valence-corrected chi connectivity index (χ0v) is 14.3. The summed E-state index contributed by atoms with van der Waals surface area (Å²) in [6.45, 7) is 1.86. The molecule has 128 valence electrons. The van der Waals surface area contributed by atoms with Gasteiger partial charge in [-0.3, -0.25) is 9.69 Å². The van der Waals surface area contributed by atoms with Crippen molar-refractivity contribution in [1.82, 2.24) is 4.90 Å². The maximum atomic E-state index is 11.6. The van der Waals surface area contributed by atoms with Crippen molar-refractivity contribution in [3.05, 3.63) is 77.9 Å². The van der Waals surface area contributed by atoms with E-state index in [1.54, 1.807) is 0 Å². The summed E-state index contributed by atoms with van der Waals surface area (Å²) in [4.78, 5) is 14.0. The van der Waals surface area contributed by atoms with Crippen molar-refractivity contribution in [3.8, 4) is 0 Å². The molecule has 2 atom stereocenters. The first kappa shape index (κ1) is 16.1. The molecule has 0 saturated carbocycles. The van der Waals surface area contributed by atoms with Gasteiger partial charge in [0, 0.05) is 25.6 Å². The van der Waals surface area contributed by atoms with E-state index in [9.17, 15) is 4.79 Å². The number of ether oxygens (including phenoxy) is 1. The zero-order chi connectivity index (χ0) is 17.1. The van der Waals surface area contributed by atoms with Gasteiger partial charge in [-0.1, -0.05) is 66.7 Å². The van der Waals surface area contributed by atoms with Gasteiger partial charge < -0.3 is 4.74 Å². The van der Waals surface area contributed by atoms with E-state index >= 15 is 0 Å². The van der Waals surface area contributed by atoms with Crippen LogP contribution in [0, 0.1) is 0 Å². The lowest BCUT2D eigenvalue weighted by atomic mass is 9.97. The molecule has 0 aromatic heterocycles. The molecule has 2 aromatic rings. The Morgan fingerprint density at radius 3 is 2.32 bits per heavy atom. The van der Waals surface area contributed by atoms with E-state index in [0.717, 1.165) is 25.9 Å². The minimum Gasteiger partial charge on any atom is -0.461 e. The molecule has 0 amide bonds. The van der Waals surface area contributed by atoms with Gasteiger partial charge in [0.05, 0.1) is 6.42 Å². The molecule has 2 fully saturated rings. The molecule has 2 aromatic carbocycles. The van der Waals surface area contributed by atoms with Gasteiger partial charge in [0.15, 0.2) is 0 Å². The first-order valence-corrected chi connectivity index (χ1v) is 9.04. The van der Waals surface area contributed by atoms with Gasteiger partial charge in [-0.2, -0.15) is 0 Å². The summed E-state index contributed by atoms with van der Waals surface area (Å²) >= 11 is 0. The highest BCUT2D eigenvalue weighted by atomic mass is 16.5. The number of esters is 1. The number of hydrogen-bond donors (Lipinski definition) is 0. The third kappa shape index (κ3) is 3.67. The number of likely N-dealkylation sites (tertiary alicyclic amines) is 1. The van der Waals surface area contributed by atoms with Gasteiger partial charge in [-0.15, -0.1) is 0 Å². The molecule has 0 aliphatic carbocycles. The van der Waals surface area contributed by atoms with E-state index < -0.39 is 0 Å². The van der Waals surface area contributed by atoms with Crippen LogP contribution in [-0.2, 0) is 9.53 Å². The normalized spacial score (nSPS) is 22.5. The summed E-state index contributed by atoms with van der Waals surface area (Å²) in [7, 11) is 0. The van der Waals surface area contributed by atoms with Crippen molar-refractivity contribution in [2.75, 3.05) is 13.1 Å². The van der Waals surface area contributed by atoms with E-state index in [1.807, 2.05) is 12.1 Å². The number of nitrogens with zero attached hydrogens (tertiary/aromatic N) is 1. The summed E-state index contributed by atoms with van der Waals surface area (Å²) in [5.74, 6) is -0.0337. The third-order valence-electron chi connectivity index (χ3n) is 5.12. The van der Waals surface area contributed by atoms with Gasteiger partial charge in [-0.25, -0.2) is 0 Å². The Hall–Kier alpha value is -2.39. The van der Waals surface area contributed by atoms with Crippen LogP contribution >= 0.6 is 0 Å². The fraction of sp³-hybridized carbons (Fsp3) is 0.318. The predicted octanol–water partition coefficient (Wildman–Crippen LogP) is 3.90. The van der Waals surface area contributed by atoms with Crippen LogP contribution in [0.4, 0.5) is 0 Å². The first-order chi connectivity index (χ1) is 12.3. The Morgan fingerprint density at radius 1 is 1.04 bits per heavy atom. The average Bonchev–Trinajstić information content (AvgIpc) is 2.94. The lowest BCUT2D eigenvalue weighted by Crippen LogP contribution is -2.31. The van der Waals surface area contributed by atoms with Gasteiger partial charge in [0.2, 0.25) is 0 Å². The minimum atomic E-state index is -0.0337. The second-order valence-corrected chi connectivity index (χ2v) is 6.84. The number of carbonyl (C=O) groups excluding carboxylic acids is 1. The molecule has 2 heterocycles. The van der Waals surface area contributed by atoms with Crippen molar-refractivity contribution >= 4 is 11.5 Å². The van der Waals surface area contributed by atoms with E-state index in [0.29, 0.717) is 12.5 Å². The maximum absolute atomic E-state index is 11.6. The van der Waals surface area contributed by atoms with E-state index in [-0.39, 0.29) is 12.1 Å². The molecule has 3 nitrogen and oxygen atoms in total. The van der Waals surface area contributed by atoms with E-state index in [1.165, 1.54) is 16.7 Å². The lowest BCUT2D eigenvalue weighted by molar-refractivity contribution is -0.151. The largest absolute Gasteiger partial charge is 0.461 e. The smallest absolute Gasteiger partial charge is 0.307 e. The second-order valence-electron chi connectivity index (χ2n) is 6.84. The number of carbonyl (C=O) groups is 1. The highest BCUT2D eigenvalue weighted by Gasteiger charge is 2.39. The van der Waals surface area contributed by atoms with Crippen LogP contribution in [0.2, 0.25) is 0 Å². The van der Waals surface area contributed by atoms with Crippen LogP contribution in [0.5, 0.6) is 0 Å². The molecular weight excluding hydrogens is 310 g/mol. The molecule has 0 radical (unpaired) electrons. The topological polar surface area (TPSA) is 29.5 Å². The van der Waals surface area contributed by atoms with Crippen molar-refractivity contribution in [1.29, 1.82) is 0 Å². The molecule has 0 spiro atoms. The Labute approximate surface area is 148 Å². The number of rotatable bonds is 5. The monoisotopic (exact) mass is 333 g/mol. The van der Waals surface area contributed by atoms with Crippen LogP contribution in [0.25, 0.3) is 5.57 Å². The van der Waals surface area contributed by atoms with Crippen LogP contribution < -0.4 is 0 Å². The fourth-order valence-corrected chi connectivity index (χ4v) is 3.95. The number of fused-ring (bicyclic) bond motifs is 2. The zero-order valence-electron chi connectivity index (χ0n) is 14.3. The predicted molar refractivity (Wildman–Crippen MR) is 99.1 cm³/mol. The standard InChI is InChI=1S/C22H23NO2/c24-22-15-19-14-20(25-22)16-23(19)13-7-12-21(17-8-3-1-4-9-17)18-10-5-2-6-11-18/h1-6,8-12,19-20H,7,13-16H2/t19-,20-/m0/s1. The minimum absolute atomic E-state index is 0.0337. The Balaban J connectivity index is 1.50. The van der Waals surface area contributed by atoms with E-state index in [4.69, 9.17) is 4.74 Å².